The zero-order valence-electron chi connectivity index (χ0n) is 21.8. The molecule has 0 bridgehead atoms. The lowest BCUT2D eigenvalue weighted by molar-refractivity contribution is -0.183. The van der Waals surface area contributed by atoms with Crippen molar-refractivity contribution in [3.8, 4) is 0 Å². The van der Waals surface area contributed by atoms with E-state index in [1.807, 2.05) is 0 Å². The van der Waals surface area contributed by atoms with Crippen molar-refractivity contribution in [2.24, 2.45) is 17.8 Å². The van der Waals surface area contributed by atoms with Crippen LogP contribution in [-0.4, -0.2) is 56.9 Å². The summed E-state index contributed by atoms with van der Waals surface area (Å²) < 4.78 is 86.7. The van der Waals surface area contributed by atoms with E-state index in [4.69, 9.17) is 4.52 Å². The van der Waals surface area contributed by atoms with E-state index in [1.165, 1.54) is 10.7 Å². The maximum atomic E-state index is 13.9. The van der Waals surface area contributed by atoms with E-state index >= 15 is 0 Å². The van der Waals surface area contributed by atoms with Crippen LogP contribution in [0.25, 0.3) is 5.65 Å². The second-order valence-corrected chi connectivity index (χ2v) is 10.7. The minimum atomic E-state index is -4.43. The quantitative estimate of drug-likeness (QED) is 0.379. The van der Waals surface area contributed by atoms with Crippen LogP contribution in [0, 0.1) is 17.8 Å². The highest BCUT2D eigenvalue weighted by atomic mass is 19.4. The Hall–Kier alpha value is -3.65. The van der Waals surface area contributed by atoms with Crippen molar-refractivity contribution in [2.75, 3.05) is 13.2 Å². The molecule has 222 valence electrons. The average molecular weight is 587 g/mol. The number of halogens is 6. The molecule has 1 saturated heterocycles. The molecule has 15 heteroatoms. The lowest BCUT2D eigenvalue weighted by atomic mass is 9.81. The number of rotatable bonds is 8. The number of nitrogens with zero attached hydrogens (tertiary/aromatic N) is 4. The highest BCUT2D eigenvalue weighted by Gasteiger charge is 2.45. The molecule has 2 fully saturated rings. The Labute approximate surface area is 230 Å². The van der Waals surface area contributed by atoms with Gasteiger partial charge in [0.05, 0.1) is 41.9 Å². The number of aromatic nitrogens is 4. The topological polar surface area (TPSA) is 114 Å². The van der Waals surface area contributed by atoms with E-state index in [1.54, 1.807) is 12.1 Å². The molecule has 3 aromatic heterocycles. The number of carbonyl (C=O) groups excluding carboxylic acids is 2. The van der Waals surface area contributed by atoms with Crippen molar-refractivity contribution in [1.29, 1.82) is 0 Å². The third-order valence-corrected chi connectivity index (χ3v) is 7.83. The number of hydrogen-bond acceptors (Lipinski definition) is 6. The number of nitrogens with one attached hydrogen (secondary N) is 2. The molecule has 4 heterocycles. The van der Waals surface area contributed by atoms with E-state index < -0.39 is 60.9 Å². The maximum absolute atomic E-state index is 13.9. The molecule has 1 unspecified atom stereocenters. The molecule has 0 radical (unpaired) electrons. The first-order valence-corrected chi connectivity index (χ1v) is 13.3. The van der Waals surface area contributed by atoms with Gasteiger partial charge < -0.3 is 15.2 Å². The summed E-state index contributed by atoms with van der Waals surface area (Å²) in [4.78, 5) is 29.9. The lowest BCUT2D eigenvalue weighted by Crippen LogP contribution is -2.47. The number of amides is 2. The summed E-state index contributed by atoms with van der Waals surface area (Å²) in [6, 6.07) is 2.35. The van der Waals surface area contributed by atoms with Crippen molar-refractivity contribution in [3.05, 3.63) is 47.2 Å². The smallest absolute Gasteiger partial charge is 0.364 e. The van der Waals surface area contributed by atoms with Crippen LogP contribution in [-0.2, 0) is 17.6 Å². The van der Waals surface area contributed by atoms with Crippen LogP contribution in [0.4, 0.5) is 26.3 Å². The van der Waals surface area contributed by atoms with Gasteiger partial charge in [-0.15, -0.1) is 0 Å². The van der Waals surface area contributed by atoms with Crippen molar-refractivity contribution in [1.82, 2.24) is 30.4 Å². The highest BCUT2D eigenvalue weighted by molar-refractivity contribution is 5.95. The zero-order valence-corrected chi connectivity index (χ0v) is 21.8. The second-order valence-electron chi connectivity index (χ2n) is 10.7. The fraction of sp³-hybridized carbons (Fsp3) is 0.577. The predicted molar refractivity (Wildman–Crippen MR) is 131 cm³/mol. The lowest BCUT2D eigenvalue weighted by Gasteiger charge is -2.33. The molecule has 9 nitrogen and oxygen atoms in total. The fourth-order valence-corrected chi connectivity index (χ4v) is 5.54. The molecule has 0 aromatic carbocycles. The first-order chi connectivity index (χ1) is 19.4. The molecule has 3 aromatic rings. The molecule has 41 heavy (non-hydrogen) atoms. The molecule has 1 aliphatic heterocycles. The first kappa shape index (κ1) is 28.9. The van der Waals surface area contributed by atoms with E-state index in [0.29, 0.717) is 17.0 Å². The fourth-order valence-electron chi connectivity index (χ4n) is 5.54. The Morgan fingerprint density at radius 3 is 2.71 bits per heavy atom. The maximum Gasteiger partial charge on any atom is 0.393 e. The number of fused-ring (bicyclic) bond motifs is 1. The van der Waals surface area contributed by atoms with Crippen LogP contribution in [0.2, 0.25) is 0 Å². The van der Waals surface area contributed by atoms with E-state index in [-0.39, 0.29) is 56.2 Å². The number of aryl methyl sites for hydroxylation is 1. The first-order valence-electron chi connectivity index (χ1n) is 13.3. The summed E-state index contributed by atoms with van der Waals surface area (Å²) >= 11 is 0. The SMILES string of the molecule is O=C(N[C@H](c1cn2nc(CC3C[C@@H](C(F)(F)F)CNC3=O)ccc2n1)C1CCC(F)(F)CC1)c1conc1CCF. The van der Waals surface area contributed by atoms with Crippen LogP contribution in [0.1, 0.15) is 65.6 Å². The standard InChI is InChI=1S/C26H28F6N6O3/c27-8-5-19-18(13-41-37-19)24(40)35-22(14-3-6-25(28,29)7-4-14)20-12-38-21(34-20)2-1-17(36-38)10-15-9-16(26(30,31)32)11-33-23(15)39/h1-2,12-16,22H,3-11H2,(H,33,39)(H,35,40)/t15?,16-,22+/m1/s1. The van der Waals surface area contributed by atoms with Crippen LogP contribution >= 0.6 is 0 Å². The van der Waals surface area contributed by atoms with Gasteiger partial charge in [-0.1, -0.05) is 5.16 Å². The summed E-state index contributed by atoms with van der Waals surface area (Å²) in [6.07, 6.45) is -2.81. The molecule has 3 atom stereocenters. The van der Waals surface area contributed by atoms with Crippen LogP contribution in [0.5, 0.6) is 0 Å². The van der Waals surface area contributed by atoms with Crippen LogP contribution in [0.3, 0.4) is 0 Å². The van der Waals surface area contributed by atoms with Gasteiger partial charge in [-0.25, -0.2) is 18.3 Å². The van der Waals surface area contributed by atoms with Gasteiger partial charge in [0.2, 0.25) is 11.8 Å². The number of imidazole rings is 1. The monoisotopic (exact) mass is 586 g/mol. The zero-order chi connectivity index (χ0) is 29.4. The van der Waals surface area contributed by atoms with Gasteiger partial charge in [0, 0.05) is 38.1 Å². The van der Waals surface area contributed by atoms with Crippen molar-refractivity contribution < 1.29 is 40.5 Å². The molecule has 5 rings (SSSR count). The minimum Gasteiger partial charge on any atom is -0.364 e. The summed E-state index contributed by atoms with van der Waals surface area (Å²) in [5.74, 6) is -6.85. The average Bonchev–Trinajstić information content (AvgIpc) is 3.55. The molecule has 2 amide bonds. The predicted octanol–water partition coefficient (Wildman–Crippen LogP) is 4.38. The minimum absolute atomic E-state index is 0.0232. The molecule has 2 N–H and O–H groups in total. The Balaban J connectivity index is 1.39. The Morgan fingerprint density at radius 1 is 1.24 bits per heavy atom. The van der Waals surface area contributed by atoms with Gasteiger partial charge in [0.25, 0.3) is 5.91 Å². The Kier molecular flexibility index (Phi) is 7.97. The third kappa shape index (κ3) is 6.48. The number of piperidine rings is 1. The Bertz CT molecular complexity index is 1400. The third-order valence-electron chi connectivity index (χ3n) is 7.83. The normalized spacial score (nSPS) is 22.4. The van der Waals surface area contributed by atoms with E-state index in [9.17, 15) is 35.9 Å². The Morgan fingerprint density at radius 2 is 2.00 bits per heavy atom. The molecular weight excluding hydrogens is 558 g/mol. The summed E-state index contributed by atoms with van der Waals surface area (Å²) in [5.41, 5.74) is 1.21. The summed E-state index contributed by atoms with van der Waals surface area (Å²) in [6.45, 7) is -1.21. The highest BCUT2D eigenvalue weighted by Crippen LogP contribution is 2.41. The van der Waals surface area contributed by atoms with Crippen LogP contribution < -0.4 is 10.6 Å². The molecule has 1 saturated carbocycles. The number of alkyl halides is 6. The summed E-state index contributed by atoms with van der Waals surface area (Å²) in [5, 5.41) is 13.2. The number of hydrogen-bond donors (Lipinski definition) is 2. The van der Waals surface area contributed by atoms with Gasteiger partial charge in [0.15, 0.2) is 5.65 Å². The largest absolute Gasteiger partial charge is 0.393 e. The van der Waals surface area contributed by atoms with Gasteiger partial charge >= 0.3 is 6.18 Å². The van der Waals surface area contributed by atoms with Crippen LogP contribution in [0.15, 0.2) is 29.1 Å². The second kappa shape index (κ2) is 11.3. The van der Waals surface area contributed by atoms with Gasteiger partial charge in [-0.2, -0.15) is 18.3 Å². The molecular formula is C26H28F6N6O3. The van der Waals surface area contributed by atoms with Crippen molar-refractivity contribution in [2.45, 2.75) is 63.1 Å². The molecule has 0 spiro atoms. The van der Waals surface area contributed by atoms with E-state index in [0.717, 1.165) is 6.26 Å². The molecule has 1 aliphatic carbocycles. The van der Waals surface area contributed by atoms with E-state index in [2.05, 4.69) is 25.9 Å². The summed E-state index contributed by atoms with van der Waals surface area (Å²) in [7, 11) is 0. The van der Waals surface area contributed by atoms with Crippen molar-refractivity contribution in [3.63, 3.8) is 0 Å². The van der Waals surface area contributed by atoms with Gasteiger partial charge in [-0.3, -0.25) is 14.0 Å². The van der Waals surface area contributed by atoms with Gasteiger partial charge in [0.1, 0.15) is 11.8 Å². The van der Waals surface area contributed by atoms with Gasteiger partial charge in [-0.05, 0) is 37.3 Å². The number of carbonyl (C=O) groups is 2. The van der Waals surface area contributed by atoms with Crippen molar-refractivity contribution >= 4 is 17.5 Å². The molecule has 2 aliphatic rings.